The second-order valence-corrected chi connectivity index (χ2v) is 4.80. The van der Waals surface area contributed by atoms with E-state index in [-0.39, 0.29) is 5.97 Å². The number of carbonyl (C=O) groups is 1. The number of benzene rings is 1. The molecule has 1 aliphatic rings. The third-order valence-corrected chi connectivity index (χ3v) is 3.51. The summed E-state index contributed by atoms with van der Waals surface area (Å²) in [6, 6.07) is 7.54. The zero-order valence-electron chi connectivity index (χ0n) is 12.3. The van der Waals surface area contributed by atoms with Crippen molar-refractivity contribution in [3.05, 3.63) is 35.5 Å². The van der Waals surface area contributed by atoms with Gasteiger partial charge in [0.05, 0.1) is 19.3 Å². The Bertz CT molecular complexity index is 505. The maximum Gasteiger partial charge on any atom is 0.340 e. The largest absolute Gasteiger partial charge is 0.497 e. The molecule has 0 atom stereocenters. The molecule has 0 aliphatic carbocycles. The molecule has 1 heterocycles. The molecule has 0 bridgehead atoms. The second-order valence-electron chi connectivity index (χ2n) is 4.80. The molecule has 20 heavy (non-hydrogen) atoms. The normalized spacial score (nSPS) is 17.1. The van der Waals surface area contributed by atoms with Gasteiger partial charge in [-0.25, -0.2) is 4.79 Å². The number of rotatable bonds is 4. The minimum absolute atomic E-state index is 0.249. The number of methoxy groups -OCH3 is 1. The van der Waals surface area contributed by atoms with Gasteiger partial charge in [0.25, 0.3) is 0 Å². The summed E-state index contributed by atoms with van der Waals surface area (Å²) in [5.74, 6) is 0.531. The van der Waals surface area contributed by atoms with E-state index in [0.29, 0.717) is 12.2 Å². The Kier molecular flexibility index (Phi) is 4.66. The molecule has 0 amide bonds. The summed E-state index contributed by atoms with van der Waals surface area (Å²) >= 11 is 0. The van der Waals surface area contributed by atoms with Crippen LogP contribution in [0.3, 0.4) is 0 Å². The first kappa shape index (κ1) is 14.4. The van der Waals surface area contributed by atoms with Gasteiger partial charge in [-0.2, -0.15) is 0 Å². The van der Waals surface area contributed by atoms with E-state index in [0.717, 1.165) is 36.4 Å². The molecule has 1 saturated heterocycles. The van der Waals surface area contributed by atoms with Crippen molar-refractivity contribution in [2.45, 2.75) is 19.8 Å². The zero-order chi connectivity index (χ0) is 14.5. The number of nitrogens with zero attached hydrogens (tertiary/aromatic N) is 1. The van der Waals surface area contributed by atoms with Crippen molar-refractivity contribution in [3.63, 3.8) is 0 Å². The summed E-state index contributed by atoms with van der Waals surface area (Å²) in [5.41, 5.74) is 2.62. The highest BCUT2D eigenvalue weighted by Gasteiger charge is 2.24. The Morgan fingerprint density at radius 2 is 2.00 bits per heavy atom. The lowest BCUT2D eigenvalue weighted by molar-refractivity contribution is -0.136. The van der Waals surface area contributed by atoms with E-state index in [1.165, 1.54) is 0 Å². The average molecular weight is 275 g/mol. The van der Waals surface area contributed by atoms with Crippen molar-refractivity contribution in [2.24, 2.45) is 0 Å². The van der Waals surface area contributed by atoms with Crippen molar-refractivity contribution < 1.29 is 14.3 Å². The predicted molar refractivity (Wildman–Crippen MR) is 78.4 cm³/mol. The van der Waals surface area contributed by atoms with Gasteiger partial charge in [0.15, 0.2) is 0 Å². The van der Waals surface area contributed by atoms with Crippen LogP contribution >= 0.6 is 0 Å². The minimum Gasteiger partial charge on any atom is -0.497 e. The minimum atomic E-state index is -0.249. The maximum atomic E-state index is 12.3. The van der Waals surface area contributed by atoms with E-state index in [1.807, 2.05) is 38.2 Å². The number of esters is 1. The molecule has 1 fully saturated rings. The molecule has 1 aromatic rings. The Morgan fingerprint density at radius 1 is 1.30 bits per heavy atom. The summed E-state index contributed by atoms with van der Waals surface area (Å²) in [4.78, 5) is 14.4. The zero-order valence-corrected chi connectivity index (χ0v) is 12.3. The van der Waals surface area contributed by atoms with E-state index in [9.17, 15) is 4.79 Å². The van der Waals surface area contributed by atoms with Crippen LogP contribution in [0.5, 0.6) is 5.75 Å². The van der Waals surface area contributed by atoms with Gasteiger partial charge < -0.3 is 14.4 Å². The van der Waals surface area contributed by atoms with Gasteiger partial charge in [-0.1, -0.05) is 12.1 Å². The van der Waals surface area contributed by atoms with Crippen molar-refractivity contribution in [1.82, 2.24) is 4.90 Å². The van der Waals surface area contributed by atoms with Crippen LogP contribution in [0.25, 0.3) is 5.57 Å². The van der Waals surface area contributed by atoms with Crippen molar-refractivity contribution in [3.8, 4) is 5.75 Å². The number of ether oxygens (including phenoxy) is 2. The third kappa shape index (κ3) is 2.95. The van der Waals surface area contributed by atoms with Crippen LogP contribution in [0.4, 0.5) is 0 Å². The summed E-state index contributed by atoms with van der Waals surface area (Å²) < 4.78 is 10.4. The Hall–Kier alpha value is -1.97. The molecule has 2 rings (SSSR count). The van der Waals surface area contributed by atoms with Gasteiger partial charge in [-0.15, -0.1) is 0 Å². The molecule has 0 spiro atoms. The molecule has 4 nitrogen and oxygen atoms in total. The number of carbonyl (C=O) groups excluding carboxylic acids is 1. The standard InChI is InChI=1S/C16H21NO3/c1-4-20-16(18)15(14-6-5-11-17(14)2)12-7-9-13(19-3)10-8-12/h7-10H,4-6,11H2,1-3H3. The number of hydrogen-bond donors (Lipinski definition) is 0. The molecule has 1 aliphatic heterocycles. The fourth-order valence-corrected chi connectivity index (χ4v) is 2.49. The number of likely N-dealkylation sites (tertiary alicyclic amines) is 1. The van der Waals surface area contributed by atoms with E-state index in [1.54, 1.807) is 7.11 Å². The van der Waals surface area contributed by atoms with Crippen LogP contribution in [-0.2, 0) is 9.53 Å². The Labute approximate surface area is 120 Å². The summed E-state index contributed by atoms with van der Waals surface area (Å²) in [6.45, 7) is 3.19. The molecule has 0 radical (unpaired) electrons. The van der Waals surface area contributed by atoms with Crippen molar-refractivity contribution in [2.75, 3.05) is 27.3 Å². The molecule has 108 valence electrons. The lowest BCUT2D eigenvalue weighted by Gasteiger charge is -2.18. The fourth-order valence-electron chi connectivity index (χ4n) is 2.49. The fraction of sp³-hybridized carbons (Fsp3) is 0.438. The topological polar surface area (TPSA) is 38.8 Å². The van der Waals surface area contributed by atoms with Crippen LogP contribution < -0.4 is 4.74 Å². The summed E-state index contributed by atoms with van der Waals surface area (Å²) in [5, 5.41) is 0. The van der Waals surface area contributed by atoms with Crippen molar-refractivity contribution >= 4 is 11.5 Å². The van der Waals surface area contributed by atoms with Gasteiger partial charge in [-0.05, 0) is 37.5 Å². The van der Waals surface area contributed by atoms with Gasteiger partial charge in [-0.3, -0.25) is 0 Å². The first-order chi connectivity index (χ1) is 9.67. The smallest absolute Gasteiger partial charge is 0.340 e. The molecule has 4 heteroatoms. The van der Waals surface area contributed by atoms with Gasteiger partial charge >= 0.3 is 5.97 Å². The van der Waals surface area contributed by atoms with Crippen LogP contribution in [0.1, 0.15) is 25.3 Å². The highest BCUT2D eigenvalue weighted by molar-refractivity contribution is 6.17. The lowest BCUT2D eigenvalue weighted by Crippen LogP contribution is -2.17. The highest BCUT2D eigenvalue weighted by Crippen LogP contribution is 2.30. The molecule has 0 N–H and O–H groups in total. The number of allylic oxidation sites excluding steroid dienone is 1. The highest BCUT2D eigenvalue weighted by atomic mass is 16.5. The Morgan fingerprint density at radius 3 is 2.50 bits per heavy atom. The lowest BCUT2D eigenvalue weighted by atomic mass is 10.0. The van der Waals surface area contributed by atoms with Gasteiger partial charge in [0, 0.05) is 19.3 Å². The third-order valence-electron chi connectivity index (χ3n) is 3.51. The predicted octanol–water partition coefficient (Wildman–Crippen LogP) is 2.70. The Balaban J connectivity index is 2.43. The van der Waals surface area contributed by atoms with Gasteiger partial charge in [0.1, 0.15) is 5.75 Å². The SMILES string of the molecule is CCOC(=O)C(=C1CCCN1C)c1ccc(OC)cc1. The quantitative estimate of drug-likeness (QED) is 0.625. The maximum absolute atomic E-state index is 12.3. The van der Waals surface area contributed by atoms with E-state index in [4.69, 9.17) is 9.47 Å². The summed E-state index contributed by atoms with van der Waals surface area (Å²) in [6.07, 6.45) is 1.99. The molecule has 0 aromatic heterocycles. The average Bonchev–Trinajstić information content (AvgIpc) is 2.86. The molecule has 1 aromatic carbocycles. The van der Waals surface area contributed by atoms with Crippen molar-refractivity contribution in [1.29, 1.82) is 0 Å². The van der Waals surface area contributed by atoms with E-state index < -0.39 is 0 Å². The first-order valence-corrected chi connectivity index (χ1v) is 6.93. The molecular formula is C16H21NO3. The second kappa shape index (κ2) is 6.46. The molecular weight excluding hydrogens is 254 g/mol. The van der Waals surface area contributed by atoms with E-state index >= 15 is 0 Å². The van der Waals surface area contributed by atoms with Crippen LogP contribution in [-0.4, -0.2) is 38.2 Å². The van der Waals surface area contributed by atoms with E-state index in [2.05, 4.69) is 4.90 Å². The summed E-state index contributed by atoms with van der Waals surface area (Å²) in [7, 11) is 3.65. The van der Waals surface area contributed by atoms with Crippen LogP contribution in [0.15, 0.2) is 30.0 Å². The van der Waals surface area contributed by atoms with Crippen LogP contribution in [0.2, 0.25) is 0 Å². The van der Waals surface area contributed by atoms with Gasteiger partial charge in [0.2, 0.25) is 0 Å². The number of hydrogen-bond acceptors (Lipinski definition) is 4. The first-order valence-electron chi connectivity index (χ1n) is 6.93. The van der Waals surface area contributed by atoms with Crippen LogP contribution in [0, 0.1) is 0 Å². The molecule has 0 unspecified atom stereocenters. The molecule has 0 saturated carbocycles. The monoisotopic (exact) mass is 275 g/mol.